The largest absolute Gasteiger partial charge is 0.366 e. The second kappa shape index (κ2) is 5.11. The van der Waals surface area contributed by atoms with Gasteiger partial charge in [0.25, 0.3) is 0 Å². The van der Waals surface area contributed by atoms with Crippen LogP contribution in [0.2, 0.25) is 0 Å². The minimum absolute atomic E-state index is 0.290. The van der Waals surface area contributed by atoms with E-state index in [1.165, 1.54) is 0 Å². The van der Waals surface area contributed by atoms with Gasteiger partial charge in [-0.25, -0.2) is 0 Å². The lowest BCUT2D eigenvalue weighted by Gasteiger charge is -2.27. The van der Waals surface area contributed by atoms with Crippen LogP contribution in [0.5, 0.6) is 0 Å². The molecule has 3 saturated heterocycles. The Morgan fingerprint density at radius 2 is 1.23 bits per heavy atom. The van der Waals surface area contributed by atoms with Crippen molar-refractivity contribution in [1.29, 1.82) is 0 Å². The van der Waals surface area contributed by atoms with Crippen molar-refractivity contribution >= 4 is 0 Å². The third-order valence-corrected chi connectivity index (χ3v) is 3.99. The first-order chi connectivity index (χ1) is 9.98. The smallest absolute Gasteiger partial charge is 0.187 e. The normalized spacial score (nSPS) is 46.2. The summed E-state index contributed by atoms with van der Waals surface area (Å²) in [5.74, 6) is -2.31. The third-order valence-electron chi connectivity index (χ3n) is 3.99. The lowest BCUT2D eigenvalue weighted by atomic mass is 10.0. The Labute approximate surface area is 130 Å². The monoisotopic (exact) mass is 318 g/mol. The highest BCUT2D eigenvalue weighted by Crippen LogP contribution is 2.41. The number of ether oxygens (including phenoxy) is 6. The van der Waals surface area contributed by atoms with Crippen LogP contribution in [0.15, 0.2) is 0 Å². The van der Waals surface area contributed by atoms with E-state index >= 15 is 0 Å². The summed E-state index contributed by atoms with van der Waals surface area (Å²) in [5, 5.41) is 10.2. The van der Waals surface area contributed by atoms with Crippen molar-refractivity contribution in [2.45, 2.75) is 89.6 Å². The van der Waals surface area contributed by atoms with E-state index in [0.717, 1.165) is 0 Å². The van der Waals surface area contributed by atoms with Crippen LogP contribution in [-0.4, -0.2) is 59.8 Å². The topological polar surface area (TPSA) is 75.6 Å². The molecule has 22 heavy (non-hydrogen) atoms. The minimum Gasteiger partial charge on any atom is -0.366 e. The Kier molecular flexibility index (Phi) is 3.85. The van der Waals surface area contributed by atoms with E-state index in [9.17, 15) is 5.11 Å². The van der Waals surface area contributed by atoms with Gasteiger partial charge in [0.05, 0.1) is 6.61 Å². The highest BCUT2D eigenvalue weighted by atomic mass is 16.8. The molecule has 7 nitrogen and oxygen atoms in total. The fourth-order valence-corrected chi connectivity index (χ4v) is 3.24. The summed E-state index contributed by atoms with van der Waals surface area (Å²) in [6.45, 7) is 11.3. The van der Waals surface area contributed by atoms with Gasteiger partial charge in [-0.15, -0.1) is 0 Å². The molecule has 3 aliphatic rings. The summed E-state index contributed by atoms with van der Waals surface area (Å²) in [7, 11) is 0. The molecule has 1 N–H and O–H groups in total. The zero-order valence-electron chi connectivity index (χ0n) is 14.0. The van der Waals surface area contributed by atoms with Crippen LogP contribution in [0.25, 0.3) is 0 Å². The Balaban J connectivity index is 1.79. The van der Waals surface area contributed by atoms with Crippen LogP contribution < -0.4 is 0 Å². The molecule has 0 aromatic heterocycles. The Bertz CT molecular complexity index is 434. The highest BCUT2D eigenvalue weighted by Gasteiger charge is 2.57. The van der Waals surface area contributed by atoms with Gasteiger partial charge in [-0.3, -0.25) is 0 Å². The molecule has 0 saturated carbocycles. The first-order valence-electron chi connectivity index (χ1n) is 7.69. The Morgan fingerprint density at radius 3 is 1.73 bits per heavy atom. The zero-order valence-corrected chi connectivity index (χ0v) is 14.0. The van der Waals surface area contributed by atoms with Crippen LogP contribution in [0.4, 0.5) is 0 Å². The molecular weight excluding hydrogens is 292 g/mol. The van der Waals surface area contributed by atoms with Gasteiger partial charge in [0.2, 0.25) is 0 Å². The number of aliphatic hydroxyl groups is 1. The molecule has 7 heteroatoms. The van der Waals surface area contributed by atoms with Gasteiger partial charge in [0.1, 0.15) is 24.4 Å². The summed E-state index contributed by atoms with van der Waals surface area (Å²) in [5.41, 5.74) is 0. The lowest BCUT2D eigenvalue weighted by molar-refractivity contribution is -0.180. The predicted molar refractivity (Wildman–Crippen MR) is 74.8 cm³/mol. The molecule has 0 aromatic carbocycles. The van der Waals surface area contributed by atoms with Gasteiger partial charge >= 0.3 is 0 Å². The van der Waals surface area contributed by atoms with Crippen molar-refractivity contribution in [3.63, 3.8) is 0 Å². The van der Waals surface area contributed by atoms with Crippen molar-refractivity contribution in [3.8, 4) is 0 Å². The van der Waals surface area contributed by atoms with Crippen LogP contribution in [0.3, 0.4) is 0 Å². The second-order valence-corrected chi connectivity index (χ2v) is 7.42. The van der Waals surface area contributed by atoms with Gasteiger partial charge in [-0.2, -0.15) is 0 Å². The van der Waals surface area contributed by atoms with Crippen molar-refractivity contribution in [2.75, 3.05) is 6.61 Å². The van der Waals surface area contributed by atoms with Crippen molar-refractivity contribution in [2.24, 2.45) is 0 Å². The maximum absolute atomic E-state index is 10.2. The van der Waals surface area contributed by atoms with Gasteiger partial charge in [-0.05, 0) is 41.5 Å². The maximum atomic E-state index is 10.2. The molecule has 128 valence electrons. The van der Waals surface area contributed by atoms with E-state index in [2.05, 4.69) is 0 Å². The average Bonchev–Trinajstić information content (AvgIpc) is 2.93. The van der Waals surface area contributed by atoms with Crippen molar-refractivity contribution in [1.82, 2.24) is 0 Å². The quantitative estimate of drug-likeness (QED) is 0.818. The first-order valence-corrected chi connectivity index (χ1v) is 7.69. The predicted octanol–water partition coefficient (Wildman–Crippen LogP) is 1.13. The molecule has 0 amide bonds. The first kappa shape index (κ1) is 16.6. The molecule has 0 radical (unpaired) electrons. The van der Waals surface area contributed by atoms with Crippen molar-refractivity contribution < 1.29 is 33.5 Å². The van der Waals surface area contributed by atoms with E-state index in [4.69, 9.17) is 28.4 Å². The summed E-state index contributed by atoms with van der Waals surface area (Å²) < 4.78 is 34.7. The molecule has 3 aliphatic heterocycles. The average molecular weight is 318 g/mol. The molecule has 5 atom stereocenters. The Hall–Kier alpha value is -0.280. The molecule has 0 bridgehead atoms. The van der Waals surface area contributed by atoms with E-state index in [1.807, 2.05) is 27.7 Å². The molecule has 3 fully saturated rings. The van der Waals surface area contributed by atoms with Crippen LogP contribution in [-0.2, 0) is 28.4 Å². The number of hydrogen-bond acceptors (Lipinski definition) is 7. The number of hydrogen-bond donors (Lipinski definition) is 1. The fraction of sp³-hybridized carbons (Fsp3) is 1.00. The van der Waals surface area contributed by atoms with E-state index in [0.29, 0.717) is 6.61 Å². The second-order valence-electron chi connectivity index (χ2n) is 7.42. The third kappa shape index (κ3) is 3.17. The van der Waals surface area contributed by atoms with E-state index in [1.54, 1.807) is 13.8 Å². The van der Waals surface area contributed by atoms with Crippen LogP contribution in [0, 0.1) is 0 Å². The summed E-state index contributed by atoms with van der Waals surface area (Å²) in [6.07, 6.45) is -2.92. The Morgan fingerprint density at radius 1 is 0.682 bits per heavy atom. The summed E-state index contributed by atoms with van der Waals surface area (Å²) in [4.78, 5) is 0. The molecule has 0 aromatic rings. The van der Waals surface area contributed by atoms with Gasteiger partial charge in [0, 0.05) is 0 Å². The molecular formula is C15H26O7. The minimum atomic E-state index is -1.07. The van der Waals surface area contributed by atoms with Gasteiger partial charge < -0.3 is 33.5 Å². The highest BCUT2D eigenvalue weighted by molar-refractivity contribution is 4.97. The van der Waals surface area contributed by atoms with Gasteiger partial charge in [-0.1, -0.05) is 0 Å². The number of aliphatic hydroxyl groups excluding tert-OH is 1. The fourth-order valence-electron chi connectivity index (χ4n) is 3.24. The zero-order chi connectivity index (χ0) is 16.3. The van der Waals surface area contributed by atoms with Gasteiger partial charge in [0.15, 0.2) is 23.7 Å². The van der Waals surface area contributed by atoms with E-state index < -0.39 is 42.0 Å². The summed E-state index contributed by atoms with van der Waals surface area (Å²) in [6, 6.07) is 0. The molecule has 3 heterocycles. The number of rotatable bonds is 2. The summed E-state index contributed by atoms with van der Waals surface area (Å²) >= 11 is 0. The van der Waals surface area contributed by atoms with E-state index in [-0.39, 0.29) is 6.10 Å². The van der Waals surface area contributed by atoms with Crippen LogP contribution in [0.1, 0.15) is 41.5 Å². The molecule has 3 rings (SSSR count). The van der Waals surface area contributed by atoms with Crippen LogP contribution >= 0.6 is 0 Å². The molecule has 0 spiro atoms. The standard InChI is InChI=1S/C15H26O7/c1-13(2)17-7-8(18-13)9-10(20-14(3,4)19-9)11-12(16)22-15(5,6)21-11/h8-12,16H,7H2,1-6H3/t8-,9-,10+,11-,12?/m1/s1. The molecule has 0 aliphatic carbocycles. The SMILES string of the molecule is CC1(C)O[C@H]([C@H]2COC(C)(C)O2)[C@@H]([C@H]2OC(C)(C)OC2O)O1. The maximum Gasteiger partial charge on any atom is 0.187 e. The lowest BCUT2D eigenvalue weighted by Crippen LogP contribution is -2.47. The molecule has 1 unspecified atom stereocenters. The van der Waals surface area contributed by atoms with Crippen molar-refractivity contribution in [3.05, 3.63) is 0 Å².